The molecule has 3 heteroatoms. The average molecular weight is 170 g/mol. The molecule has 2 aliphatic rings. The van der Waals surface area contributed by atoms with Gasteiger partial charge in [0.2, 0.25) is 0 Å². The molecule has 2 rings (SSSR count). The normalized spacial score (nSPS) is 32.2. The standard InChI is InChI=1S/C9H18N2O/c10-5-9-7-11(3-4-12-9)6-8-1-2-8/h8-9H,1-7,10H2. The molecule has 1 heterocycles. The Morgan fingerprint density at radius 1 is 1.42 bits per heavy atom. The maximum Gasteiger partial charge on any atom is 0.0824 e. The van der Waals surface area contributed by atoms with Crippen LogP contribution >= 0.6 is 0 Å². The highest BCUT2D eigenvalue weighted by molar-refractivity contribution is 4.80. The van der Waals surface area contributed by atoms with Gasteiger partial charge in [-0.1, -0.05) is 0 Å². The van der Waals surface area contributed by atoms with E-state index in [1.165, 1.54) is 19.4 Å². The van der Waals surface area contributed by atoms with E-state index in [2.05, 4.69) is 4.90 Å². The molecular weight excluding hydrogens is 152 g/mol. The fourth-order valence-electron chi connectivity index (χ4n) is 1.75. The van der Waals surface area contributed by atoms with Crippen LogP contribution in [0, 0.1) is 5.92 Å². The van der Waals surface area contributed by atoms with E-state index in [9.17, 15) is 0 Å². The Labute approximate surface area is 73.9 Å². The molecule has 0 bridgehead atoms. The molecule has 1 saturated carbocycles. The minimum Gasteiger partial charge on any atom is -0.374 e. The summed E-state index contributed by atoms with van der Waals surface area (Å²) in [6.07, 6.45) is 3.16. The zero-order valence-corrected chi connectivity index (χ0v) is 7.54. The summed E-state index contributed by atoms with van der Waals surface area (Å²) in [7, 11) is 0. The molecule has 1 aliphatic heterocycles. The van der Waals surface area contributed by atoms with Gasteiger partial charge in [0.15, 0.2) is 0 Å². The second kappa shape index (κ2) is 3.73. The molecule has 3 nitrogen and oxygen atoms in total. The van der Waals surface area contributed by atoms with Crippen LogP contribution in [-0.4, -0.2) is 43.8 Å². The molecule has 2 N–H and O–H groups in total. The van der Waals surface area contributed by atoms with E-state index in [0.29, 0.717) is 6.54 Å². The maximum absolute atomic E-state index is 5.56. The first kappa shape index (κ1) is 8.48. The first-order valence-corrected chi connectivity index (χ1v) is 4.92. The predicted molar refractivity (Wildman–Crippen MR) is 48.0 cm³/mol. The van der Waals surface area contributed by atoms with Gasteiger partial charge in [-0.3, -0.25) is 4.90 Å². The average Bonchev–Trinajstić information content (AvgIpc) is 2.89. The third-order valence-electron chi connectivity index (χ3n) is 2.70. The van der Waals surface area contributed by atoms with Crippen LogP contribution in [-0.2, 0) is 4.74 Å². The summed E-state index contributed by atoms with van der Waals surface area (Å²) in [6, 6.07) is 0. The molecule has 1 saturated heterocycles. The lowest BCUT2D eigenvalue weighted by Gasteiger charge is -2.32. The summed E-state index contributed by atoms with van der Waals surface area (Å²) in [5.74, 6) is 0.988. The van der Waals surface area contributed by atoms with Crippen molar-refractivity contribution in [2.75, 3.05) is 32.8 Å². The van der Waals surface area contributed by atoms with Crippen LogP contribution < -0.4 is 5.73 Å². The molecule has 0 aromatic heterocycles. The van der Waals surface area contributed by atoms with Crippen molar-refractivity contribution in [2.45, 2.75) is 18.9 Å². The molecule has 12 heavy (non-hydrogen) atoms. The number of hydrogen-bond acceptors (Lipinski definition) is 3. The first-order valence-electron chi connectivity index (χ1n) is 4.92. The third kappa shape index (κ3) is 2.19. The number of morpholine rings is 1. The van der Waals surface area contributed by atoms with E-state index in [-0.39, 0.29) is 6.10 Å². The van der Waals surface area contributed by atoms with Crippen LogP contribution in [0.3, 0.4) is 0 Å². The molecule has 70 valence electrons. The monoisotopic (exact) mass is 170 g/mol. The van der Waals surface area contributed by atoms with Crippen molar-refractivity contribution in [3.8, 4) is 0 Å². The summed E-state index contributed by atoms with van der Waals surface area (Å²) >= 11 is 0. The van der Waals surface area contributed by atoms with Crippen molar-refractivity contribution in [2.24, 2.45) is 11.7 Å². The van der Waals surface area contributed by atoms with E-state index in [1.54, 1.807) is 0 Å². The fourth-order valence-corrected chi connectivity index (χ4v) is 1.75. The molecule has 0 aromatic rings. The van der Waals surface area contributed by atoms with Gasteiger partial charge in [0.1, 0.15) is 0 Å². The van der Waals surface area contributed by atoms with Gasteiger partial charge >= 0.3 is 0 Å². The second-order valence-electron chi connectivity index (χ2n) is 3.93. The quantitative estimate of drug-likeness (QED) is 0.650. The smallest absolute Gasteiger partial charge is 0.0824 e. The number of rotatable bonds is 3. The van der Waals surface area contributed by atoms with Crippen molar-refractivity contribution in [3.05, 3.63) is 0 Å². The SMILES string of the molecule is NCC1CN(CC2CC2)CCO1. The minimum absolute atomic E-state index is 0.289. The van der Waals surface area contributed by atoms with Gasteiger partial charge in [-0.2, -0.15) is 0 Å². The number of nitrogens with two attached hydrogens (primary N) is 1. The van der Waals surface area contributed by atoms with Crippen LogP contribution in [0.15, 0.2) is 0 Å². The largest absolute Gasteiger partial charge is 0.374 e. The zero-order valence-electron chi connectivity index (χ0n) is 7.54. The highest BCUT2D eigenvalue weighted by Crippen LogP contribution is 2.30. The van der Waals surface area contributed by atoms with E-state index in [1.807, 2.05) is 0 Å². The van der Waals surface area contributed by atoms with Crippen LogP contribution in [0.2, 0.25) is 0 Å². The summed E-state index contributed by atoms with van der Waals surface area (Å²) in [5, 5.41) is 0. The highest BCUT2D eigenvalue weighted by Gasteiger charge is 2.27. The lowest BCUT2D eigenvalue weighted by Crippen LogP contribution is -2.46. The lowest BCUT2D eigenvalue weighted by atomic mass is 10.2. The Balaban J connectivity index is 1.73. The lowest BCUT2D eigenvalue weighted by molar-refractivity contribution is -0.0244. The Hall–Kier alpha value is -0.120. The molecular formula is C9H18N2O. The van der Waals surface area contributed by atoms with Crippen molar-refractivity contribution >= 4 is 0 Å². The highest BCUT2D eigenvalue weighted by atomic mass is 16.5. The van der Waals surface area contributed by atoms with Crippen molar-refractivity contribution in [3.63, 3.8) is 0 Å². The van der Waals surface area contributed by atoms with Crippen LogP contribution in [0.5, 0.6) is 0 Å². The van der Waals surface area contributed by atoms with Gasteiger partial charge in [0.25, 0.3) is 0 Å². The molecule has 0 spiro atoms. The Morgan fingerprint density at radius 2 is 2.25 bits per heavy atom. The van der Waals surface area contributed by atoms with Gasteiger partial charge in [-0.15, -0.1) is 0 Å². The second-order valence-corrected chi connectivity index (χ2v) is 3.93. The van der Waals surface area contributed by atoms with Gasteiger partial charge in [0, 0.05) is 26.2 Å². The van der Waals surface area contributed by atoms with E-state index >= 15 is 0 Å². The van der Waals surface area contributed by atoms with E-state index in [4.69, 9.17) is 10.5 Å². The van der Waals surface area contributed by atoms with Crippen LogP contribution in [0.4, 0.5) is 0 Å². The Kier molecular flexibility index (Phi) is 2.63. The topological polar surface area (TPSA) is 38.5 Å². The maximum atomic E-state index is 5.56. The summed E-state index contributed by atoms with van der Waals surface area (Å²) < 4.78 is 5.49. The predicted octanol–water partition coefficient (Wildman–Crippen LogP) is 0.0559. The Bertz CT molecular complexity index is 147. The van der Waals surface area contributed by atoms with Gasteiger partial charge in [0.05, 0.1) is 12.7 Å². The van der Waals surface area contributed by atoms with Crippen LogP contribution in [0.25, 0.3) is 0 Å². The summed E-state index contributed by atoms with van der Waals surface area (Å²) in [4.78, 5) is 2.50. The summed E-state index contributed by atoms with van der Waals surface area (Å²) in [5.41, 5.74) is 5.56. The molecule has 0 radical (unpaired) electrons. The number of hydrogen-bond donors (Lipinski definition) is 1. The molecule has 1 unspecified atom stereocenters. The third-order valence-corrected chi connectivity index (χ3v) is 2.70. The first-order chi connectivity index (χ1) is 5.88. The summed E-state index contributed by atoms with van der Waals surface area (Å²) in [6.45, 7) is 4.97. The van der Waals surface area contributed by atoms with E-state index < -0.39 is 0 Å². The van der Waals surface area contributed by atoms with E-state index in [0.717, 1.165) is 25.6 Å². The van der Waals surface area contributed by atoms with Crippen molar-refractivity contribution in [1.82, 2.24) is 4.90 Å². The van der Waals surface area contributed by atoms with Gasteiger partial charge in [-0.25, -0.2) is 0 Å². The molecule has 0 aromatic carbocycles. The number of nitrogens with zero attached hydrogens (tertiary/aromatic N) is 1. The Morgan fingerprint density at radius 3 is 2.92 bits per heavy atom. The van der Waals surface area contributed by atoms with Crippen molar-refractivity contribution in [1.29, 1.82) is 0 Å². The molecule has 1 atom stereocenters. The zero-order chi connectivity index (χ0) is 8.39. The van der Waals surface area contributed by atoms with Gasteiger partial charge < -0.3 is 10.5 Å². The molecule has 0 amide bonds. The molecule has 2 fully saturated rings. The minimum atomic E-state index is 0.289. The van der Waals surface area contributed by atoms with Crippen molar-refractivity contribution < 1.29 is 4.74 Å². The van der Waals surface area contributed by atoms with Crippen LogP contribution in [0.1, 0.15) is 12.8 Å². The molecule has 1 aliphatic carbocycles. The van der Waals surface area contributed by atoms with Gasteiger partial charge in [-0.05, 0) is 18.8 Å². The number of ether oxygens (including phenoxy) is 1. The fraction of sp³-hybridized carbons (Fsp3) is 1.00.